The van der Waals surface area contributed by atoms with Crippen molar-refractivity contribution in [3.05, 3.63) is 72.9 Å². The van der Waals surface area contributed by atoms with Gasteiger partial charge in [0.05, 0.1) is 26.4 Å². The monoisotopic (exact) mass is 1400 g/mol. The average molecular weight is 1400 g/mol. The molecule has 558 valence electrons. The number of rotatable bonds is 72. The Labute approximate surface area is 583 Å². The van der Waals surface area contributed by atoms with Crippen LogP contribution in [0.2, 0.25) is 0 Å². The summed E-state index contributed by atoms with van der Waals surface area (Å²) in [6, 6.07) is 0. The van der Waals surface area contributed by atoms with E-state index in [0.29, 0.717) is 25.7 Å². The fourth-order valence-corrected chi connectivity index (χ4v) is 11.8. The van der Waals surface area contributed by atoms with Gasteiger partial charge in [-0.3, -0.25) is 37.3 Å². The summed E-state index contributed by atoms with van der Waals surface area (Å²) in [6.07, 6.45) is 69.0. The van der Waals surface area contributed by atoms with E-state index in [9.17, 15) is 43.2 Å². The van der Waals surface area contributed by atoms with Crippen LogP contribution in [0, 0.1) is 0 Å². The number of phosphoric ester groups is 2. The lowest BCUT2D eigenvalue weighted by Crippen LogP contribution is -2.30. The summed E-state index contributed by atoms with van der Waals surface area (Å²) in [4.78, 5) is 72.7. The fraction of sp³-hybridized carbons (Fsp3) is 0.792. The molecule has 0 saturated heterocycles. The Kier molecular flexibility index (Phi) is 67.4. The van der Waals surface area contributed by atoms with Crippen molar-refractivity contribution in [2.24, 2.45) is 0 Å². The molecule has 0 rings (SSSR count). The highest BCUT2D eigenvalue weighted by Crippen LogP contribution is 2.45. The molecule has 0 aliphatic rings. The van der Waals surface area contributed by atoms with Crippen molar-refractivity contribution in [3.8, 4) is 0 Å². The van der Waals surface area contributed by atoms with Crippen LogP contribution in [0.3, 0.4) is 0 Å². The number of aliphatic hydroxyl groups excluding tert-OH is 1. The molecule has 0 fully saturated rings. The number of ether oxygens (including phenoxy) is 4. The van der Waals surface area contributed by atoms with E-state index in [4.69, 9.17) is 37.0 Å². The number of carbonyl (C=O) groups is 4. The number of hydrogen-bond donors (Lipinski definition) is 3. The van der Waals surface area contributed by atoms with E-state index in [1.807, 2.05) is 0 Å². The minimum atomic E-state index is -4.97. The molecule has 0 bridgehead atoms. The normalized spacial score (nSPS) is 14.4. The smallest absolute Gasteiger partial charge is 0.462 e. The molecule has 0 amide bonds. The van der Waals surface area contributed by atoms with Gasteiger partial charge in [-0.2, -0.15) is 0 Å². The van der Waals surface area contributed by atoms with E-state index in [1.165, 1.54) is 83.5 Å². The first-order valence-electron chi connectivity index (χ1n) is 38.2. The number of phosphoric acid groups is 2. The van der Waals surface area contributed by atoms with Crippen LogP contribution in [0.4, 0.5) is 0 Å². The molecule has 5 unspecified atom stereocenters. The molecule has 17 nitrogen and oxygen atoms in total. The number of aliphatic hydroxyl groups is 1. The summed E-state index contributed by atoms with van der Waals surface area (Å²) in [5.74, 6) is -2.20. The summed E-state index contributed by atoms with van der Waals surface area (Å²) in [6.45, 7) is 4.76. The van der Waals surface area contributed by atoms with Crippen LogP contribution >= 0.6 is 15.6 Å². The number of esters is 4. The Bertz CT molecular complexity index is 2110. The molecule has 0 aromatic carbocycles. The second-order valence-corrected chi connectivity index (χ2v) is 28.5. The van der Waals surface area contributed by atoms with Gasteiger partial charge in [-0.05, 0) is 135 Å². The number of carbonyl (C=O) groups excluding carboxylic acids is 4. The van der Waals surface area contributed by atoms with E-state index in [0.717, 1.165) is 173 Å². The van der Waals surface area contributed by atoms with Crippen molar-refractivity contribution in [3.63, 3.8) is 0 Å². The van der Waals surface area contributed by atoms with Gasteiger partial charge in [-0.1, -0.05) is 248 Å². The molecule has 0 aliphatic carbocycles. The molecule has 0 saturated carbocycles. The van der Waals surface area contributed by atoms with Crippen LogP contribution < -0.4 is 0 Å². The molecular weight excluding hydrogens is 1260 g/mol. The third kappa shape index (κ3) is 69.0. The first-order valence-corrected chi connectivity index (χ1v) is 41.2. The molecule has 0 aromatic heterocycles. The zero-order valence-corrected chi connectivity index (χ0v) is 62.6. The van der Waals surface area contributed by atoms with Gasteiger partial charge in [0.25, 0.3) is 0 Å². The first-order chi connectivity index (χ1) is 46.7. The Hall–Kier alpha value is -3.50. The summed E-state index contributed by atoms with van der Waals surface area (Å²) in [7, 11) is -9.94. The highest BCUT2D eigenvalue weighted by atomic mass is 31.2. The molecular formula is C77H138O17P2. The van der Waals surface area contributed by atoms with Crippen LogP contribution in [0.1, 0.15) is 336 Å². The van der Waals surface area contributed by atoms with Gasteiger partial charge >= 0.3 is 39.5 Å². The van der Waals surface area contributed by atoms with Gasteiger partial charge in [0, 0.05) is 25.7 Å². The van der Waals surface area contributed by atoms with Gasteiger partial charge < -0.3 is 33.8 Å². The highest BCUT2D eigenvalue weighted by molar-refractivity contribution is 7.47. The van der Waals surface area contributed by atoms with Gasteiger partial charge in [0.15, 0.2) is 12.2 Å². The SMILES string of the molecule is CCCC/C=C\CCCCCCCC(=O)OC(COC(=O)CCCCCCC/C=C\CCCCCC)COP(=O)(O)OCC(O)COP(=O)(O)OCC(COC(=O)CCCCCCCC/C=C\C/C=C\C/C=C\CCCCC)OC(=O)CCCCCCC/C=C\CCCCCC. The van der Waals surface area contributed by atoms with Crippen molar-refractivity contribution in [1.29, 1.82) is 0 Å². The Morgan fingerprint density at radius 2 is 0.521 bits per heavy atom. The van der Waals surface area contributed by atoms with Gasteiger partial charge in [0.2, 0.25) is 0 Å². The van der Waals surface area contributed by atoms with E-state index in [-0.39, 0.29) is 25.7 Å². The summed E-state index contributed by atoms with van der Waals surface area (Å²) in [5, 5.41) is 10.6. The van der Waals surface area contributed by atoms with E-state index < -0.39 is 97.5 Å². The number of allylic oxidation sites excluding steroid dienone is 12. The van der Waals surface area contributed by atoms with Crippen LogP contribution in [-0.4, -0.2) is 96.7 Å². The lowest BCUT2D eigenvalue weighted by Gasteiger charge is -2.21. The van der Waals surface area contributed by atoms with Crippen molar-refractivity contribution in [2.45, 2.75) is 354 Å². The molecule has 96 heavy (non-hydrogen) atoms. The largest absolute Gasteiger partial charge is 0.472 e. The van der Waals surface area contributed by atoms with Crippen molar-refractivity contribution >= 4 is 39.5 Å². The standard InChI is InChI=1S/C77H138O17P2/c1-5-9-13-17-21-25-29-32-33-34-35-36-37-40-43-46-50-54-58-62-75(80)88-68-73(94-77(82)64-60-56-52-48-44-39-31-27-23-19-15-11-7-3)70-92-96(85,86)90-66-71(78)65-89-95(83,84)91-69-72(93-76(81)63-59-55-51-47-41-28-24-20-16-12-8-4)67-87-74(79)61-57-53-49-45-42-38-30-26-22-18-14-10-6-2/h20-21,24-27,30-33,35-36,71-73,78H,5-19,22-23,28-29,34,37-70H2,1-4H3,(H,83,84)(H,85,86)/b24-20-,25-21-,30-26-,31-27-,33-32-,36-35-. The zero-order chi connectivity index (χ0) is 70.4. The second kappa shape index (κ2) is 70.0. The molecule has 0 spiro atoms. The van der Waals surface area contributed by atoms with Crippen molar-refractivity contribution in [2.75, 3.05) is 39.6 Å². The second-order valence-electron chi connectivity index (χ2n) is 25.6. The third-order valence-corrected chi connectivity index (χ3v) is 18.0. The van der Waals surface area contributed by atoms with Crippen molar-refractivity contribution in [1.82, 2.24) is 0 Å². The summed E-state index contributed by atoms with van der Waals surface area (Å²) >= 11 is 0. The predicted molar refractivity (Wildman–Crippen MR) is 390 cm³/mol. The van der Waals surface area contributed by atoms with Crippen molar-refractivity contribution < 1.29 is 80.2 Å². The number of hydrogen-bond acceptors (Lipinski definition) is 15. The first kappa shape index (κ1) is 92.5. The van der Waals surface area contributed by atoms with E-state index >= 15 is 0 Å². The Morgan fingerprint density at radius 1 is 0.292 bits per heavy atom. The minimum absolute atomic E-state index is 0.0839. The molecule has 0 aliphatic heterocycles. The topological polar surface area (TPSA) is 237 Å². The molecule has 0 aromatic rings. The quantitative estimate of drug-likeness (QED) is 0.0169. The molecule has 5 atom stereocenters. The number of unbranched alkanes of at least 4 members (excludes halogenated alkanes) is 34. The van der Waals surface area contributed by atoms with Crippen LogP contribution in [0.15, 0.2) is 72.9 Å². The van der Waals surface area contributed by atoms with Gasteiger partial charge in [-0.15, -0.1) is 0 Å². The Balaban J connectivity index is 5.30. The molecule has 0 heterocycles. The van der Waals surface area contributed by atoms with E-state index in [2.05, 4.69) is 101 Å². The maximum atomic E-state index is 13.1. The zero-order valence-electron chi connectivity index (χ0n) is 60.8. The maximum absolute atomic E-state index is 13.1. The van der Waals surface area contributed by atoms with E-state index in [1.54, 1.807) is 0 Å². The maximum Gasteiger partial charge on any atom is 0.472 e. The molecule has 3 N–H and O–H groups in total. The van der Waals surface area contributed by atoms with Crippen LogP contribution in [-0.2, 0) is 65.4 Å². The average Bonchev–Trinajstić information content (AvgIpc) is 2.05. The Morgan fingerprint density at radius 3 is 0.844 bits per heavy atom. The fourth-order valence-electron chi connectivity index (χ4n) is 10.2. The lowest BCUT2D eigenvalue weighted by atomic mass is 10.1. The molecule has 19 heteroatoms. The summed E-state index contributed by atoms with van der Waals surface area (Å²) < 4.78 is 68.4. The third-order valence-electron chi connectivity index (χ3n) is 16.1. The van der Waals surface area contributed by atoms with Gasteiger partial charge in [0.1, 0.15) is 19.3 Å². The summed E-state index contributed by atoms with van der Waals surface area (Å²) in [5.41, 5.74) is 0. The molecule has 0 radical (unpaired) electrons. The van der Waals surface area contributed by atoms with Gasteiger partial charge in [-0.25, -0.2) is 9.13 Å². The predicted octanol–water partition coefficient (Wildman–Crippen LogP) is 21.7. The minimum Gasteiger partial charge on any atom is -0.462 e. The highest BCUT2D eigenvalue weighted by Gasteiger charge is 2.30. The van der Waals surface area contributed by atoms with Crippen LogP contribution in [0.5, 0.6) is 0 Å². The van der Waals surface area contributed by atoms with Crippen LogP contribution in [0.25, 0.3) is 0 Å². The lowest BCUT2D eigenvalue weighted by molar-refractivity contribution is -0.161.